The first-order valence-electron chi connectivity index (χ1n) is 6.40. The predicted octanol–water partition coefficient (Wildman–Crippen LogP) is 2.84. The zero-order valence-electron chi connectivity index (χ0n) is 11.3. The van der Waals surface area contributed by atoms with E-state index in [1.807, 2.05) is 0 Å². The molecule has 21 heavy (non-hydrogen) atoms. The highest BCUT2D eigenvalue weighted by molar-refractivity contribution is 5.98. The van der Waals surface area contributed by atoms with Crippen LogP contribution in [-0.2, 0) is 4.79 Å². The van der Waals surface area contributed by atoms with Gasteiger partial charge in [-0.1, -0.05) is 6.07 Å². The molecule has 1 amide bonds. The highest BCUT2D eigenvalue weighted by atomic mass is 19.3. The molecular weight excluding hydrogens is 287 g/mol. The van der Waals surface area contributed by atoms with Crippen molar-refractivity contribution < 1.29 is 27.9 Å². The van der Waals surface area contributed by atoms with Crippen LogP contribution in [-0.4, -0.2) is 34.0 Å². The number of likely N-dealkylation sites (tertiary alicyclic amines) is 1. The number of alkyl halides is 2. The van der Waals surface area contributed by atoms with Gasteiger partial charge >= 0.3 is 5.97 Å². The first kappa shape index (κ1) is 15.3. The third-order valence-corrected chi connectivity index (χ3v) is 3.82. The van der Waals surface area contributed by atoms with Crippen molar-refractivity contribution in [3.63, 3.8) is 0 Å². The molecule has 7 heteroatoms. The standard InChI is InChI=1S/C14H14F3NO3/c1-14(13(20)21)5-2-6-18(14)12(19)9-7-8(11(16)17)3-4-10(9)15/h3-4,7,11H,2,5-6H2,1H3,(H,20,21). The summed E-state index contributed by atoms with van der Waals surface area (Å²) < 4.78 is 39.1. The molecule has 1 heterocycles. The van der Waals surface area contributed by atoms with E-state index in [-0.39, 0.29) is 13.0 Å². The van der Waals surface area contributed by atoms with Gasteiger partial charge in [0.1, 0.15) is 11.4 Å². The summed E-state index contributed by atoms with van der Waals surface area (Å²) in [6.07, 6.45) is -2.13. The fourth-order valence-corrected chi connectivity index (χ4v) is 2.50. The number of amides is 1. The number of carboxylic acid groups (broad SMARTS) is 1. The van der Waals surface area contributed by atoms with Crippen LogP contribution in [0.3, 0.4) is 0 Å². The van der Waals surface area contributed by atoms with E-state index in [9.17, 15) is 27.9 Å². The van der Waals surface area contributed by atoms with E-state index in [0.29, 0.717) is 6.42 Å². The summed E-state index contributed by atoms with van der Waals surface area (Å²) in [5.41, 5.74) is -2.44. The molecule has 0 radical (unpaired) electrons. The Hall–Kier alpha value is -2.05. The van der Waals surface area contributed by atoms with E-state index in [4.69, 9.17) is 0 Å². The smallest absolute Gasteiger partial charge is 0.329 e. The third-order valence-electron chi connectivity index (χ3n) is 3.82. The lowest BCUT2D eigenvalue weighted by molar-refractivity contribution is -0.147. The van der Waals surface area contributed by atoms with Gasteiger partial charge in [-0.3, -0.25) is 4.79 Å². The largest absolute Gasteiger partial charge is 0.480 e. The molecular formula is C14H14F3NO3. The average Bonchev–Trinajstić information content (AvgIpc) is 2.81. The molecule has 1 aromatic carbocycles. The lowest BCUT2D eigenvalue weighted by Gasteiger charge is -2.31. The summed E-state index contributed by atoms with van der Waals surface area (Å²) in [5, 5.41) is 9.24. The van der Waals surface area contributed by atoms with Gasteiger partial charge in [-0.25, -0.2) is 18.0 Å². The summed E-state index contributed by atoms with van der Waals surface area (Å²) in [6, 6.07) is 2.48. The van der Waals surface area contributed by atoms with Crippen LogP contribution in [0.4, 0.5) is 13.2 Å². The van der Waals surface area contributed by atoms with E-state index in [1.165, 1.54) is 6.92 Å². The van der Waals surface area contributed by atoms with E-state index in [2.05, 4.69) is 0 Å². The van der Waals surface area contributed by atoms with Crippen LogP contribution >= 0.6 is 0 Å². The Balaban J connectivity index is 2.40. The van der Waals surface area contributed by atoms with Crippen LogP contribution in [0, 0.1) is 5.82 Å². The summed E-state index contributed by atoms with van der Waals surface area (Å²) >= 11 is 0. The number of carbonyl (C=O) groups is 2. The van der Waals surface area contributed by atoms with Gasteiger partial charge in [-0.2, -0.15) is 0 Å². The predicted molar refractivity (Wildman–Crippen MR) is 67.7 cm³/mol. The number of halogens is 3. The Kier molecular flexibility index (Phi) is 3.93. The van der Waals surface area contributed by atoms with Gasteiger partial charge in [-0.05, 0) is 31.9 Å². The number of hydrogen-bond donors (Lipinski definition) is 1. The summed E-state index contributed by atoms with van der Waals surface area (Å²) in [6.45, 7) is 1.52. The van der Waals surface area contributed by atoms with Crippen molar-refractivity contribution in [1.29, 1.82) is 0 Å². The molecule has 1 aliphatic heterocycles. The van der Waals surface area contributed by atoms with Gasteiger partial charge in [0.25, 0.3) is 12.3 Å². The second-order valence-electron chi connectivity index (χ2n) is 5.18. The Morgan fingerprint density at radius 3 is 2.62 bits per heavy atom. The highest BCUT2D eigenvalue weighted by Gasteiger charge is 2.46. The fourth-order valence-electron chi connectivity index (χ4n) is 2.50. The van der Waals surface area contributed by atoms with Gasteiger partial charge in [-0.15, -0.1) is 0 Å². The first-order valence-corrected chi connectivity index (χ1v) is 6.40. The maximum Gasteiger partial charge on any atom is 0.329 e. The molecule has 2 rings (SSSR count). The molecule has 1 aliphatic rings. The molecule has 0 aromatic heterocycles. The summed E-state index contributed by atoms with van der Waals surface area (Å²) in [5.74, 6) is -3.01. The minimum atomic E-state index is -2.83. The normalized spacial score (nSPS) is 21.9. The maximum atomic E-state index is 13.7. The number of nitrogens with zero attached hydrogens (tertiary/aromatic N) is 1. The molecule has 0 spiro atoms. The fraction of sp³-hybridized carbons (Fsp3) is 0.429. The number of aliphatic carboxylic acids is 1. The summed E-state index contributed by atoms with van der Waals surface area (Å²) in [4.78, 5) is 24.7. The lowest BCUT2D eigenvalue weighted by Crippen LogP contribution is -2.51. The highest BCUT2D eigenvalue weighted by Crippen LogP contribution is 2.32. The topological polar surface area (TPSA) is 57.6 Å². The van der Waals surface area contributed by atoms with Gasteiger partial charge < -0.3 is 10.0 Å². The van der Waals surface area contributed by atoms with Crippen molar-refractivity contribution in [2.75, 3.05) is 6.54 Å². The average molecular weight is 301 g/mol. The summed E-state index contributed by atoms with van der Waals surface area (Å²) in [7, 11) is 0. The quantitative estimate of drug-likeness (QED) is 0.934. The Bertz CT molecular complexity index is 591. The van der Waals surface area contributed by atoms with E-state index < -0.39 is 40.8 Å². The Morgan fingerprint density at radius 2 is 2.05 bits per heavy atom. The number of hydrogen-bond acceptors (Lipinski definition) is 2. The van der Waals surface area contributed by atoms with Crippen molar-refractivity contribution in [3.05, 3.63) is 35.1 Å². The molecule has 1 atom stereocenters. The number of carbonyl (C=O) groups excluding carboxylic acids is 1. The zero-order valence-corrected chi connectivity index (χ0v) is 11.3. The van der Waals surface area contributed by atoms with Crippen molar-refractivity contribution >= 4 is 11.9 Å². The van der Waals surface area contributed by atoms with Crippen LogP contribution in [0.2, 0.25) is 0 Å². The minimum absolute atomic E-state index is 0.153. The molecule has 1 aromatic rings. The van der Waals surface area contributed by atoms with E-state index in [0.717, 1.165) is 23.1 Å². The van der Waals surface area contributed by atoms with Crippen LogP contribution in [0.5, 0.6) is 0 Å². The first-order chi connectivity index (χ1) is 9.77. The van der Waals surface area contributed by atoms with E-state index >= 15 is 0 Å². The van der Waals surface area contributed by atoms with Gasteiger partial charge in [0.05, 0.1) is 5.56 Å². The van der Waals surface area contributed by atoms with Crippen molar-refractivity contribution in [2.24, 2.45) is 0 Å². The van der Waals surface area contributed by atoms with E-state index in [1.54, 1.807) is 0 Å². The van der Waals surface area contributed by atoms with Crippen molar-refractivity contribution in [1.82, 2.24) is 4.90 Å². The van der Waals surface area contributed by atoms with Crippen LogP contribution in [0.1, 0.15) is 42.1 Å². The minimum Gasteiger partial charge on any atom is -0.480 e. The van der Waals surface area contributed by atoms with Crippen molar-refractivity contribution in [3.8, 4) is 0 Å². The molecule has 1 N–H and O–H groups in total. The maximum absolute atomic E-state index is 13.7. The molecule has 4 nitrogen and oxygen atoms in total. The zero-order chi connectivity index (χ0) is 15.8. The van der Waals surface area contributed by atoms with Crippen molar-refractivity contribution in [2.45, 2.75) is 31.7 Å². The monoisotopic (exact) mass is 301 g/mol. The second kappa shape index (κ2) is 5.38. The molecule has 0 saturated carbocycles. The van der Waals surface area contributed by atoms with Gasteiger partial charge in [0.2, 0.25) is 0 Å². The second-order valence-corrected chi connectivity index (χ2v) is 5.18. The third kappa shape index (κ3) is 2.59. The van der Waals surface area contributed by atoms with Gasteiger partial charge in [0.15, 0.2) is 0 Å². The van der Waals surface area contributed by atoms with Gasteiger partial charge in [0, 0.05) is 12.1 Å². The Labute approximate surface area is 119 Å². The van der Waals surface area contributed by atoms with Crippen LogP contribution in [0.25, 0.3) is 0 Å². The molecule has 1 saturated heterocycles. The SMILES string of the molecule is CC1(C(=O)O)CCCN1C(=O)c1cc(C(F)F)ccc1F. The lowest BCUT2D eigenvalue weighted by atomic mass is 9.98. The molecule has 0 bridgehead atoms. The molecule has 114 valence electrons. The number of rotatable bonds is 3. The molecule has 1 fully saturated rings. The number of benzene rings is 1. The Morgan fingerprint density at radius 1 is 1.38 bits per heavy atom. The number of carboxylic acids is 1. The molecule has 1 unspecified atom stereocenters. The van der Waals surface area contributed by atoms with Crippen LogP contribution in [0.15, 0.2) is 18.2 Å². The molecule has 0 aliphatic carbocycles. The van der Waals surface area contributed by atoms with Crippen LogP contribution < -0.4 is 0 Å².